The lowest BCUT2D eigenvalue weighted by Gasteiger charge is -2.12. The smallest absolute Gasteiger partial charge is 0.195 e. The van der Waals surface area contributed by atoms with E-state index in [1.807, 2.05) is 30.3 Å². The molecule has 0 bridgehead atoms. The van der Waals surface area contributed by atoms with Crippen LogP contribution in [0.1, 0.15) is 36.7 Å². The Morgan fingerprint density at radius 1 is 1.25 bits per heavy atom. The largest absolute Gasteiger partial charge is 0.443 e. The number of nitrogens with zero attached hydrogens (tertiary/aromatic N) is 1. The van der Waals surface area contributed by atoms with Crippen molar-refractivity contribution in [3.05, 3.63) is 53.7 Å². The lowest BCUT2D eigenvalue weighted by Crippen LogP contribution is -2.17. The second-order valence-corrected chi connectivity index (χ2v) is 4.68. The van der Waals surface area contributed by atoms with Gasteiger partial charge in [0.05, 0.1) is 6.20 Å². The zero-order valence-electron chi connectivity index (χ0n) is 12.1. The number of oxazole rings is 1. The molecule has 4 nitrogen and oxygen atoms in total. The monoisotopic (exact) mass is 274 g/mol. The van der Waals surface area contributed by atoms with Gasteiger partial charge in [0.15, 0.2) is 11.7 Å². The summed E-state index contributed by atoms with van der Waals surface area (Å²) < 4.78 is 11.3. The summed E-state index contributed by atoms with van der Waals surface area (Å²) in [5, 5.41) is 3.34. The van der Waals surface area contributed by atoms with Gasteiger partial charge in [0.1, 0.15) is 6.10 Å². The molecule has 0 spiro atoms. The topological polar surface area (TPSA) is 47.3 Å². The highest BCUT2D eigenvalue weighted by Crippen LogP contribution is 2.25. The number of hydrogen-bond donors (Lipinski definition) is 1. The van der Waals surface area contributed by atoms with E-state index in [0.29, 0.717) is 0 Å². The second-order valence-electron chi connectivity index (χ2n) is 4.68. The third kappa shape index (κ3) is 3.92. The maximum Gasteiger partial charge on any atom is 0.195 e. The minimum Gasteiger partial charge on any atom is -0.443 e. The molecule has 1 atom stereocenters. The average Bonchev–Trinajstić information content (AvgIpc) is 2.94. The van der Waals surface area contributed by atoms with Gasteiger partial charge in [-0.2, -0.15) is 0 Å². The van der Waals surface area contributed by atoms with Crippen molar-refractivity contribution in [2.45, 2.75) is 25.9 Å². The number of aromatic nitrogens is 1. The molecule has 4 heteroatoms. The van der Waals surface area contributed by atoms with Crippen LogP contribution in [0.15, 0.2) is 40.9 Å². The first-order valence-corrected chi connectivity index (χ1v) is 7.08. The predicted octanol–water partition coefficient (Wildman–Crippen LogP) is 2.95. The van der Waals surface area contributed by atoms with E-state index in [1.54, 1.807) is 13.3 Å². The Bertz CT molecular complexity index is 496. The number of hydrogen-bond acceptors (Lipinski definition) is 4. The van der Waals surface area contributed by atoms with Crippen molar-refractivity contribution in [1.29, 1.82) is 0 Å². The summed E-state index contributed by atoms with van der Waals surface area (Å²) in [6.07, 6.45) is 3.50. The molecule has 0 aliphatic carbocycles. The maximum atomic E-state index is 5.80. The molecule has 0 amide bonds. The van der Waals surface area contributed by atoms with Gasteiger partial charge >= 0.3 is 0 Å². The number of benzene rings is 1. The molecule has 2 rings (SSSR count). The molecular formula is C16H22N2O2. The summed E-state index contributed by atoms with van der Waals surface area (Å²) in [5.74, 6) is 1.51. The SMILES string of the molecule is CCCNCCc1ncc(C(OC)c2ccccc2)o1. The van der Waals surface area contributed by atoms with Crippen LogP contribution < -0.4 is 5.32 Å². The van der Waals surface area contributed by atoms with Gasteiger partial charge in [-0.3, -0.25) is 0 Å². The third-order valence-electron chi connectivity index (χ3n) is 3.11. The van der Waals surface area contributed by atoms with E-state index in [4.69, 9.17) is 9.15 Å². The molecule has 1 heterocycles. The molecule has 0 aliphatic rings. The molecule has 1 aromatic heterocycles. The van der Waals surface area contributed by atoms with E-state index in [0.717, 1.165) is 43.1 Å². The van der Waals surface area contributed by atoms with Crippen LogP contribution in [0.4, 0.5) is 0 Å². The summed E-state index contributed by atoms with van der Waals surface area (Å²) >= 11 is 0. The first kappa shape index (κ1) is 14.8. The van der Waals surface area contributed by atoms with Crippen LogP contribution in [-0.2, 0) is 11.2 Å². The van der Waals surface area contributed by atoms with Crippen molar-refractivity contribution in [3.63, 3.8) is 0 Å². The van der Waals surface area contributed by atoms with Gasteiger partial charge in [-0.05, 0) is 18.5 Å². The molecule has 1 N–H and O–H groups in total. The maximum absolute atomic E-state index is 5.80. The minimum atomic E-state index is -0.193. The molecule has 1 unspecified atom stereocenters. The van der Waals surface area contributed by atoms with Gasteiger partial charge in [0.25, 0.3) is 0 Å². The molecular weight excluding hydrogens is 252 g/mol. The number of nitrogens with one attached hydrogen (secondary N) is 1. The van der Waals surface area contributed by atoms with Crippen molar-refractivity contribution in [1.82, 2.24) is 10.3 Å². The van der Waals surface area contributed by atoms with E-state index < -0.39 is 0 Å². The quantitative estimate of drug-likeness (QED) is 0.752. The van der Waals surface area contributed by atoms with Crippen molar-refractivity contribution in [3.8, 4) is 0 Å². The van der Waals surface area contributed by atoms with Gasteiger partial charge in [-0.15, -0.1) is 0 Å². The van der Waals surface area contributed by atoms with Gasteiger partial charge < -0.3 is 14.5 Å². The zero-order chi connectivity index (χ0) is 14.2. The van der Waals surface area contributed by atoms with Crippen molar-refractivity contribution in [2.75, 3.05) is 20.2 Å². The third-order valence-corrected chi connectivity index (χ3v) is 3.11. The first-order valence-electron chi connectivity index (χ1n) is 7.08. The van der Waals surface area contributed by atoms with Crippen LogP contribution in [-0.4, -0.2) is 25.2 Å². The molecule has 20 heavy (non-hydrogen) atoms. The predicted molar refractivity (Wildman–Crippen MR) is 78.7 cm³/mol. The molecule has 0 fully saturated rings. The number of methoxy groups -OCH3 is 1. The molecule has 2 aromatic rings. The molecule has 0 saturated carbocycles. The lowest BCUT2D eigenvalue weighted by atomic mass is 10.1. The number of rotatable bonds is 8. The van der Waals surface area contributed by atoms with E-state index in [9.17, 15) is 0 Å². The van der Waals surface area contributed by atoms with Gasteiger partial charge in [0, 0.05) is 20.1 Å². The highest BCUT2D eigenvalue weighted by molar-refractivity contribution is 5.23. The Hall–Kier alpha value is -1.65. The summed E-state index contributed by atoms with van der Waals surface area (Å²) in [5.41, 5.74) is 1.07. The zero-order valence-corrected chi connectivity index (χ0v) is 12.1. The number of ether oxygens (including phenoxy) is 1. The molecule has 0 saturated heterocycles. The molecule has 0 aliphatic heterocycles. The average molecular weight is 274 g/mol. The van der Waals surface area contributed by atoms with Crippen molar-refractivity contribution < 1.29 is 9.15 Å². The van der Waals surface area contributed by atoms with Crippen molar-refractivity contribution >= 4 is 0 Å². The molecule has 0 radical (unpaired) electrons. The molecule has 108 valence electrons. The van der Waals surface area contributed by atoms with Crippen LogP contribution >= 0.6 is 0 Å². The van der Waals surface area contributed by atoms with Crippen LogP contribution in [0.25, 0.3) is 0 Å². The van der Waals surface area contributed by atoms with Crippen LogP contribution in [0.5, 0.6) is 0 Å². The first-order chi connectivity index (χ1) is 9.85. The van der Waals surface area contributed by atoms with Crippen molar-refractivity contribution in [2.24, 2.45) is 0 Å². The second kappa shape index (κ2) is 7.82. The fourth-order valence-electron chi connectivity index (χ4n) is 2.10. The fraction of sp³-hybridized carbons (Fsp3) is 0.438. The Kier molecular flexibility index (Phi) is 5.77. The van der Waals surface area contributed by atoms with E-state index in [1.165, 1.54) is 0 Å². The standard InChI is InChI=1S/C16H22N2O2/c1-3-10-17-11-9-15-18-12-14(20-15)16(19-2)13-7-5-4-6-8-13/h4-8,12,16-17H,3,9-11H2,1-2H3. The van der Waals surface area contributed by atoms with Crippen LogP contribution in [0.3, 0.4) is 0 Å². The van der Waals surface area contributed by atoms with Crippen LogP contribution in [0, 0.1) is 0 Å². The van der Waals surface area contributed by atoms with Crippen LogP contribution in [0.2, 0.25) is 0 Å². The normalized spacial score (nSPS) is 12.5. The highest BCUT2D eigenvalue weighted by Gasteiger charge is 2.17. The van der Waals surface area contributed by atoms with E-state index >= 15 is 0 Å². The summed E-state index contributed by atoms with van der Waals surface area (Å²) in [6, 6.07) is 10.0. The lowest BCUT2D eigenvalue weighted by molar-refractivity contribution is 0.115. The summed E-state index contributed by atoms with van der Waals surface area (Å²) in [6.45, 7) is 4.06. The van der Waals surface area contributed by atoms with Gasteiger partial charge in [0.2, 0.25) is 0 Å². The Labute approximate surface area is 120 Å². The Balaban J connectivity index is 1.99. The van der Waals surface area contributed by atoms with Gasteiger partial charge in [-0.25, -0.2) is 4.98 Å². The fourth-order valence-corrected chi connectivity index (χ4v) is 2.10. The summed E-state index contributed by atoms with van der Waals surface area (Å²) in [7, 11) is 1.68. The Morgan fingerprint density at radius 2 is 2.05 bits per heavy atom. The minimum absolute atomic E-state index is 0.193. The van der Waals surface area contributed by atoms with E-state index in [2.05, 4.69) is 17.2 Å². The molecule has 1 aromatic carbocycles. The highest BCUT2D eigenvalue weighted by atomic mass is 16.5. The van der Waals surface area contributed by atoms with Gasteiger partial charge in [-0.1, -0.05) is 37.3 Å². The summed E-state index contributed by atoms with van der Waals surface area (Å²) in [4.78, 5) is 4.32. The van der Waals surface area contributed by atoms with E-state index in [-0.39, 0.29) is 6.10 Å². The Morgan fingerprint density at radius 3 is 2.75 bits per heavy atom.